The van der Waals surface area contributed by atoms with Gasteiger partial charge in [-0.2, -0.15) is 0 Å². The molecule has 0 saturated heterocycles. The highest BCUT2D eigenvalue weighted by Crippen LogP contribution is 2.24. The zero-order valence-electron chi connectivity index (χ0n) is 15.1. The van der Waals surface area contributed by atoms with Crippen LogP contribution in [0.1, 0.15) is 51.5 Å². The molecule has 1 N–H and O–H groups in total. The number of nitrogens with zero attached hydrogens (tertiary/aromatic N) is 1. The topological polar surface area (TPSA) is 32.6 Å². The van der Waals surface area contributed by atoms with E-state index >= 15 is 0 Å². The molecule has 0 heterocycles. The van der Waals surface area contributed by atoms with Gasteiger partial charge in [-0.15, -0.1) is 0 Å². The third-order valence-corrected chi connectivity index (χ3v) is 4.81. The van der Waals surface area contributed by atoms with Gasteiger partial charge >= 0.3 is 0 Å². The smallest absolute Gasteiger partial charge is 0.115 e. The van der Waals surface area contributed by atoms with E-state index in [1.807, 2.05) is 30.3 Å². The molecule has 0 bridgehead atoms. The Hall–Kier alpha value is -2.00. The second-order valence-electron chi connectivity index (χ2n) is 6.33. The van der Waals surface area contributed by atoms with Gasteiger partial charge in [0.15, 0.2) is 0 Å². The molecule has 0 aromatic heterocycles. The first-order chi connectivity index (χ1) is 12.2. The van der Waals surface area contributed by atoms with E-state index in [0.717, 1.165) is 41.1 Å². The van der Waals surface area contributed by atoms with Crippen molar-refractivity contribution in [1.29, 1.82) is 0 Å². The summed E-state index contributed by atoms with van der Waals surface area (Å²) in [5, 5.41) is 9.50. The number of hydrogen-bond acceptors (Lipinski definition) is 3. The highest BCUT2D eigenvalue weighted by Gasteiger charge is 2.19. The molecule has 0 fully saturated rings. The maximum absolute atomic E-state index is 9.50. The van der Waals surface area contributed by atoms with Crippen LogP contribution < -0.4 is 0 Å². The molecule has 0 aliphatic carbocycles. The van der Waals surface area contributed by atoms with Gasteiger partial charge in [0.2, 0.25) is 0 Å². The van der Waals surface area contributed by atoms with E-state index in [0.29, 0.717) is 5.92 Å². The average Bonchev–Trinajstić information content (AvgIpc) is 2.65. The predicted octanol–water partition coefficient (Wildman–Crippen LogP) is 6.49. The van der Waals surface area contributed by atoms with Gasteiger partial charge in [-0.25, -0.2) is 4.99 Å². The van der Waals surface area contributed by atoms with Crippen molar-refractivity contribution in [2.75, 3.05) is 0 Å². The van der Waals surface area contributed by atoms with Gasteiger partial charge in [-0.1, -0.05) is 75.7 Å². The summed E-state index contributed by atoms with van der Waals surface area (Å²) in [6, 6.07) is 17.1. The van der Waals surface area contributed by atoms with Crippen LogP contribution in [0, 0.1) is 5.92 Å². The zero-order valence-corrected chi connectivity index (χ0v) is 15.9. The second kappa shape index (κ2) is 10.1. The molecule has 3 heteroatoms. The Bertz CT molecular complexity index is 692. The lowest BCUT2D eigenvalue weighted by atomic mass is 9.89. The summed E-state index contributed by atoms with van der Waals surface area (Å²) < 4.78 is 0. The van der Waals surface area contributed by atoms with Crippen LogP contribution in [0.15, 0.2) is 59.6 Å². The third kappa shape index (κ3) is 5.79. The van der Waals surface area contributed by atoms with Crippen molar-refractivity contribution in [3.63, 3.8) is 0 Å². The fourth-order valence-corrected chi connectivity index (χ4v) is 3.31. The van der Waals surface area contributed by atoms with E-state index in [9.17, 15) is 5.11 Å². The van der Waals surface area contributed by atoms with Gasteiger partial charge in [-0.3, -0.25) is 0 Å². The van der Waals surface area contributed by atoms with Crippen molar-refractivity contribution < 1.29 is 5.11 Å². The van der Waals surface area contributed by atoms with Crippen molar-refractivity contribution >= 4 is 28.5 Å². The van der Waals surface area contributed by atoms with E-state index in [1.54, 1.807) is 12.1 Å². The summed E-state index contributed by atoms with van der Waals surface area (Å²) >= 11 is 5.90. The first-order valence-electron chi connectivity index (χ1n) is 9.13. The number of hydrogen-bond donors (Lipinski definition) is 1. The fourth-order valence-electron chi connectivity index (χ4n) is 2.91. The van der Waals surface area contributed by atoms with Gasteiger partial charge in [-0.05, 0) is 43.0 Å². The fraction of sp³-hybridized carbons (Fsp3) is 0.364. The number of rotatable bonds is 9. The summed E-state index contributed by atoms with van der Waals surface area (Å²) in [7, 11) is 0. The van der Waals surface area contributed by atoms with E-state index < -0.39 is 0 Å². The lowest BCUT2D eigenvalue weighted by molar-refractivity contribution is 0.475. The highest BCUT2D eigenvalue weighted by molar-refractivity contribution is 7.82. The lowest BCUT2D eigenvalue weighted by Gasteiger charge is -2.19. The molecule has 0 aliphatic rings. The normalized spacial score (nSPS) is 12.8. The second-order valence-corrected chi connectivity index (χ2v) is 6.77. The van der Waals surface area contributed by atoms with E-state index in [-0.39, 0.29) is 5.75 Å². The van der Waals surface area contributed by atoms with Crippen LogP contribution in [0.3, 0.4) is 0 Å². The molecule has 2 nitrogen and oxygen atoms in total. The first-order valence-corrected chi connectivity index (χ1v) is 9.53. The number of benzene rings is 2. The van der Waals surface area contributed by atoms with Crippen molar-refractivity contribution in [3.8, 4) is 5.75 Å². The van der Waals surface area contributed by atoms with Crippen LogP contribution in [-0.2, 0) is 0 Å². The molecule has 2 aromatic rings. The van der Waals surface area contributed by atoms with Crippen LogP contribution in [-0.4, -0.2) is 15.7 Å². The minimum absolute atomic E-state index is 0.245. The molecule has 2 rings (SSSR count). The predicted molar refractivity (Wildman–Crippen MR) is 111 cm³/mol. The Kier molecular flexibility index (Phi) is 7.80. The number of aliphatic imine (C=N–C) groups is 1. The lowest BCUT2D eigenvalue weighted by Crippen LogP contribution is -2.23. The van der Waals surface area contributed by atoms with Crippen LogP contribution >= 0.6 is 12.2 Å². The molecular formula is C22H27NOS. The summed E-state index contributed by atoms with van der Waals surface area (Å²) in [6.45, 7) is 4.43. The van der Waals surface area contributed by atoms with Gasteiger partial charge in [0.25, 0.3) is 0 Å². The Morgan fingerprint density at radius 2 is 1.64 bits per heavy atom. The van der Waals surface area contributed by atoms with Gasteiger partial charge in [0.1, 0.15) is 5.75 Å². The average molecular weight is 354 g/mol. The summed E-state index contributed by atoms with van der Waals surface area (Å²) in [4.78, 5) is 5.80. The number of aromatic hydroxyl groups is 1. The van der Waals surface area contributed by atoms with Crippen molar-refractivity contribution in [2.24, 2.45) is 10.9 Å². The van der Waals surface area contributed by atoms with E-state index in [2.05, 4.69) is 26.0 Å². The molecule has 0 radical (unpaired) electrons. The number of unbranched alkanes of at least 4 members (excludes halogenated alkanes) is 1. The maximum atomic E-state index is 9.50. The van der Waals surface area contributed by atoms with Crippen molar-refractivity contribution in [3.05, 3.63) is 60.2 Å². The third-order valence-electron chi connectivity index (χ3n) is 4.29. The zero-order chi connectivity index (χ0) is 18.1. The molecular weight excluding hydrogens is 326 g/mol. The molecule has 25 heavy (non-hydrogen) atoms. The number of phenols is 1. The molecule has 0 spiro atoms. The molecule has 0 aliphatic heterocycles. The van der Waals surface area contributed by atoms with Crippen LogP contribution in [0.2, 0.25) is 0 Å². The van der Waals surface area contributed by atoms with Crippen LogP contribution in [0.4, 0.5) is 5.69 Å². The SMILES string of the molecule is CCCCC(CCC)C(=S)C(=Nc1ccc(O)cc1)c1ccccc1. The molecule has 1 unspecified atom stereocenters. The molecule has 1 atom stereocenters. The Balaban J connectivity index is 2.39. The van der Waals surface area contributed by atoms with E-state index in [4.69, 9.17) is 17.2 Å². The minimum Gasteiger partial charge on any atom is -0.508 e. The Morgan fingerprint density at radius 3 is 2.24 bits per heavy atom. The maximum Gasteiger partial charge on any atom is 0.115 e. The minimum atomic E-state index is 0.245. The first kappa shape index (κ1) is 19.3. The van der Waals surface area contributed by atoms with Gasteiger partial charge in [0, 0.05) is 10.4 Å². The summed E-state index contributed by atoms with van der Waals surface area (Å²) in [5.41, 5.74) is 2.75. The van der Waals surface area contributed by atoms with Crippen molar-refractivity contribution in [2.45, 2.75) is 46.0 Å². The monoisotopic (exact) mass is 353 g/mol. The van der Waals surface area contributed by atoms with Crippen LogP contribution in [0.5, 0.6) is 5.75 Å². The summed E-state index contributed by atoms with van der Waals surface area (Å²) in [6.07, 6.45) is 5.70. The number of phenolic OH excluding ortho intramolecular Hbond substituents is 1. The van der Waals surface area contributed by atoms with E-state index in [1.165, 1.54) is 12.8 Å². The van der Waals surface area contributed by atoms with Gasteiger partial charge in [0.05, 0.1) is 11.4 Å². The van der Waals surface area contributed by atoms with Crippen LogP contribution in [0.25, 0.3) is 0 Å². The summed E-state index contributed by atoms with van der Waals surface area (Å²) in [5.74, 6) is 0.630. The number of thiocarbonyl (C=S) groups is 1. The highest BCUT2D eigenvalue weighted by atomic mass is 32.1. The van der Waals surface area contributed by atoms with Crippen molar-refractivity contribution in [1.82, 2.24) is 0 Å². The largest absolute Gasteiger partial charge is 0.508 e. The quantitative estimate of drug-likeness (QED) is 0.413. The standard InChI is InChI=1S/C22H27NOS/c1-3-5-10-18(9-4-2)22(25)21(17-11-7-6-8-12-17)23-19-13-15-20(24)16-14-19/h6-8,11-16,18,24H,3-5,9-10H2,1-2H3. The Morgan fingerprint density at radius 1 is 0.960 bits per heavy atom. The molecule has 0 amide bonds. The molecule has 132 valence electrons. The van der Waals surface area contributed by atoms with Gasteiger partial charge < -0.3 is 5.11 Å². The molecule has 2 aromatic carbocycles. The Labute approximate surface area is 156 Å². The molecule has 0 saturated carbocycles.